The van der Waals surface area contributed by atoms with Crippen molar-refractivity contribution < 1.29 is 9.47 Å². The van der Waals surface area contributed by atoms with Crippen molar-refractivity contribution >= 4 is 21.5 Å². The van der Waals surface area contributed by atoms with E-state index in [0.717, 1.165) is 24.3 Å². The number of fused-ring (bicyclic) bond motifs is 4. The Morgan fingerprint density at radius 1 is 0.560 bits per heavy atom. The van der Waals surface area contributed by atoms with Crippen molar-refractivity contribution in [3.63, 3.8) is 0 Å². The molecule has 2 aliphatic heterocycles. The molecule has 4 aromatic carbocycles. The van der Waals surface area contributed by atoms with Gasteiger partial charge in [0.2, 0.25) is 0 Å². The Morgan fingerprint density at radius 2 is 0.960 bits per heavy atom. The zero-order valence-electron chi connectivity index (χ0n) is 13.7. The topological polar surface area (TPSA) is 18.5 Å². The molecule has 0 atom stereocenters. The number of rotatable bonds is 0. The van der Waals surface area contributed by atoms with Gasteiger partial charge in [0, 0.05) is 11.1 Å². The maximum atomic E-state index is 6.35. The second-order valence-electron chi connectivity index (χ2n) is 7.08. The zero-order chi connectivity index (χ0) is 16.4. The van der Waals surface area contributed by atoms with Crippen LogP contribution in [0.2, 0.25) is 0 Å². The van der Waals surface area contributed by atoms with E-state index in [1.807, 2.05) is 0 Å². The number of ether oxygens (including phenoxy) is 2. The fourth-order valence-corrected chi connectivity index (χ4v) is 4.21. The predicted molar refractivity (Wildman–Crippen MR) is 99.3 cm³/mol. The summed E-state index contributed by atoms with van der Waals surface area (Å²) in [5.41, 5.74) is 2.46. The molecule has 2 aliphatic rings. The molecule has 0 saturated carbocycles. The van der Waals surface area contributed by atoms with Crippen LogP contribution in [-0.4, -0.2) is 5.79 Å². The summed E-state index contributed by atoms with van der Waals surface area (Å²) >= 11 is 0. The maximum absolute atomic E-state index is 6.35. The van der Waals surface area contributed by atoms with E-state index in [4.69, 9.17) is 9.47 Å². The fraction of sp³-hybridized carbons (Fsp3) is 0.130. The molecule has 0 aliphatic carbocycles. The molecule has 0 fully saturated rings. The third-order valence-electron chi connectivity index (χ3n) is 5.37. The standard InChI is InChI=1S/C23H16O2/c1-3-7-17-11-21-19(9-15(17)5-1)13-23(24-21)14-20-10-16-6-2-4-8-18(16)12-22(20)25-23/h1-12H,13-14H2. The van der Waals surface area contributed by atoms with Crippen molar-refractivity contribution in [2.45, 2.75) is 18.6 Å². The molecule has 2 nitrogen and oxygen atoms in total. The van der Waals surface area contributed by atoms with Crippen LogP contribution in [0.25, 0.3) is 21.5 Å². The molecule has 25 heavy (non-hydrogen) atoms. The Balaban J connectivity index is 1.43. The van der Waals surface area contributed by atoms with Crippen LogP contribution in [0.15, 0.2) is 72.8 Å². The van der Waals surface area contributed by atoms with E-state index >= 15 is 0 Å². The molecule has 0 saturated heterocycles. The van der Waals surface area contributed by atoms with Crippen molar-refractivity contribution in [1.29, 1.82) is 0 Å². The Hall–Kier alpha value is -3.00. The van der Waals surface area contributed by atoms with E-state index in [1.54, 1.807) is 0 Å². The smallest absolute Gasteiger partial charge is 0.259 e. The summed E-state index contributed by atoms with van der Waals surface area (Å²) in [5.74, 6) is 1.33. The van der Waals surface area contributed by atoms with Crippen LogP contribution in [0, 0.1) is 0 Å². The molecule has 6 rings (SSSR count). The maximum Gasteiger partial charge on any atom is 0.259 e. The molecular formula is C23H16O2. The summed E-state index contributed by atoms with van der Waals surface area (Å²) in [7, 11) is 0. The highest BCUT2D eigenvalue weighted by Gasteiger charge is 2.46. The first-order valence-electron chi connectivity index (χ1n) is 8.69. The lowest BCUT2D eigenvalue weighted by Gasteiger charge is -2.22. The highest BCUT2D eigenvalue weighted by molar-refractivity contribution is 5.86. The molecule has 120 valence electrons. The molecule has 1 spiro atoms. The highest BCUT2D eigenvalue weighted by atomic mass is 16.7. The van der Waals surface area contributed by atoms with Gasteiger partial charge in [-0.3, -0.25) is 0 Å². The molecule has 2 heterocycles. The molecule has 0 radical (unpaired) electrons. The largest absolute Gasteiger partial charge is 0.451 e. The molecule has 2 heteroatoms. The Labute approximate surface area is 145 Å². The van der Waals surface area contributed by atoms with Crippen molar-refractivity contribution in [3.05, 3.63) is 83.9 Å². The second-order valence-corrected chi connectivity index (χ2v) is 7.08. The van der Waals surface area contributed by atoms with E-state index in [9.17, 15) is 0 Å². The zero-order valence-corrected chi connectivity index (χ0v) is 13.7. The minimum atomic E-state index is -0.584. The lowest BCUT2D eigenvalue weighted by Crippen LogP contribution is -2.39. The molecule has 0 amide bonds. The number of hydrogen-bond acceptors (Lipinski definition) is 2. The minimum Gasteiger partial charge on any atom is -0.451 e. The molecule has 0 N–H and O–H groups in total. The summed E-state index contributed by atoms with van der Waals surface area (Å²) < 4.78 is 12.7. The second kappa shape index (κ2) is 4.54. The van der Waals surface area contributed by atoms with E-state index in [0.29, 0.717) is 0 Å². The van der Waals surface area contributed by atoms with Crippen LogP contribution in [0.4, 0.5) is 0 Å². The summed E-state index contributed by atoms with van der Waals surface area (Å²) in [6.45, 7) is 0. The predicted octanol–water partition coefficient (Wildman–Crippen LogP) is 5.26. The van der Waals surface area contributed by atoms with Gasteiger partial charge in [0.05, 0.1) is 12.8 Å². The first-order valence-corrected chi connectivity index (χ1v) is 8.69. The first kappa shape index (κ1) is 13.3. The van der Waals surface area contributed by atoms with Gasteiger partial charge < -0.3 is 9.47 Å². The van der Waals surface area contributed by atoms with Crippen LogP contribution in [0.5, 0.6) is 11.5 Å². The van der Waals surface area contributed by atoms with Gasteiger partial charge in [0.25, 0.3) is 5.79 Å². The molecule has 4 aromatic rings. The van der Waals surface area contributed by atoms with Crippen molar-refractivity contribution in [1.82, 2.24) is 0 Å². The fourth-order valence-electron chi connectivity index (χ4n) is 4.21. The average Bonchev–Trinajstić information content (AvgIpc) is 3.14. The van der Waals surface area contributed by atoms with Gasteiger partial charge in [-0.25, -0.2) is 0 Å². The van der Waals surface area contributed by atoms with E-state index in [-0.39, 0.29) is 0 Å². The van der Waals surface area contributed by atoms with Gasteiger partial charge in [-0.1, -0.05) is 48.5 Å². The van der Waals surface area contributed by atoms with E-state index in [2.05, 4.69) is 72.8 Å². The van der Waals surface area contributed by atoms with E-state index < -0.39 is 5.79 Å². The number of hydrogen-bond donors (Lipinski definition) is 0. The monoisotopic (exact) mass is 324 g/mol. The van der Waals surface area contributed by atoms with Crippen LogP contribution in [-0.2, 0) is 12.8 Å². The summed E-state index contributed by atoms with van der Waals surface area (Å²) in [5, 5.41) is 4.92. The molecule has 0 aromatic heterocycles. The minimum absolute atomic E-state index is 0.584. The quantitative estimate of drug-likeness (QED) is 0.439. The normalized spacial score (nSPS) is 16.6. The lowest BCUT2D eigenvalue weighted by molar-refractivity contribution is -0.0788. The average molecular weight is 324 g/mol. The van der Waals surface area contributed by atoms with Crippen LogP contribution < -0.4 is 9.47 Å². The van der Waals surface area contributed by atoms with Crippen molar-refractivity contribution in [2.24, 2.45) is 0 Å². The molecule has 0 bridgehead atoms. The van der Waals surface area contributed by atoms with Crippen LogP contribution in [0.1, 0.15) is 11.1 Å². The van der Waals surface area contributed by atoms with Gasteiger partial charge in [-0.2, -0.15) is 0 Å². The van der Waals surface area contributed by atoms with Crippen molar-refractivity contribution in [3.8, 4) is 11.5 Å². The Kier molecular flexibility index (Phi) is 2.42. The van der Waals surface area contributed by atoms with Gasteiger partial charge in [-0.15, -0.1) is 0 Å². The SMILES string of the molecule is c1ccc2cc3c(cc2c1)CC1(Cc2cc4ccccc4cc2O1)O3. The summed E-state index contributed by atoms with van der Waals surface area (Å²) in [6, 6.07) is 25.6. The Morgan fingerprint density at radius 3 is 1.40 bits per heavy atom. The summed E-state index contributed by atoms with van der Waals surface area (Å²) in [4.78, 5) is 0. The molecule has 0 unspecified atom stereocenters. The molecular weight excluding hydrogens is 308 g/mol. The third kappa shape index (κ3) is 1.91. The first-order chi connectivity index (χ1) is 12.3. The van der Waals surface area contributed by atoms with E-state index in [1.165, 1.54) is 32.7 Å². The van der Waals surface area contributed by atoms with Gasteiger partial charge in [0.15, 0.2) is 0 Å². The van der Waals surface area contributed by atoms with Gasteiger partial charge >= 0.3 is 0 Å². The van der Waals surface area contributed by atoms with Crippen LogP contribution >= 0.6 is 0 Å². The third-order valence-corrected chi connectivity index (χ3v) is 5.37. The summed E-state index contributed by atoms with van der Waals surface area (Å²) in [6.07, 6.45) is 1.58. The lowest BCUT2D eigenvalue weighted by atomic mass is 9.99. The Bertz CT molecular complexity index is 974. The highest BCUT2D eigenvalue weighted by Crippen LogP contribution is 2.46. The van der Waals surface area contributed by atoms with Gasteiger partial charge in [-0.05, 0) is 45.8 Å². The van der Waals surface area contributed by atoms with Gasteiger partial charge in [0.1, 0.15) is 11.5 Å². The van der Waals surface area contributed by atoms with Crippen LogP contribution in [0.3, 0.4) is 0 Å². The van der Waals surface area contributed by atoms with Crippen molar-refractivity contribution in [2.75, 3.05) is 0 Å². The number of benzene rings is 4.